The van der Waals surface area contributed by atoms with Crippen LogP contribution < -0.4 is 0 Å². The number of rotatable bonds is 3. The molecule has 3 nitrogen and oxygen atoms in total. The molecule has 2 rings (SSSR count). The molecule has 0 radical (unpaired) electrons. The minimum absolute atomic E-state index is 0.0123. The summed E-state index contributed by atoms with van der Waals surface area (Å²) in [4.78, 5) is 11.8. The molecule has 0 aromatic heterocycles. The average Bonchev–Trinajstić information content (AvgIpc) is 2.40. The summed E-state index contributed by atoms with van der Waals surface area (Å²) in [5.74, 6) is -1.56. The first kappa shape index (κ1) is 12.8. The molecule has 0 saturated heterocycles. The molecule has 96 valence electrons. The third-order valence-corrected chi connectivity index (χ3v) is 2.57. The number of carbonyl (C=O) groups excluding carboxylic acids is 1. The number of phenolic OH excluding ortho intramolecular Hbond substituents is 2. The molecule has 2 aromatic rings. The second-order valence-electron chi connectivity index (χ2n) is 3.93. The van der Waals surface area contributed by atoms with E-state index >= 15 is 0 Å². The van der Waals surface area contributed by atoms with Crippen LogP contribution in [0.5, 0.6) is 11.5 Å². The van der Waals surface area contributed by atoms with Gasteiger partial charge in [-0.25, -0.2) is 4.39 Å². The van der Waals surface area contributed by atoms with E-state index in [4.69, 9.17) is 5.11 Å². The third-order valence-electron chi connectivity index (χ3n) is 2.57. The molecule has 19 heavy (non-hydrogen) atoms. The summed E-state index contributed by atoms with van der Waals surface area (Å²) < 4.78 is 13.4. The van der Waals surface area contributed by atoms with Crippen molar-refractivity contribution in [3.63, 3.8) is 0 Å². The Morgan fingerprint density at radius 1 is 1.05 bits per heavy atom. The molecule has 0 fully saturated rings. The van der Waals surface area contributed by atoms with Gasteiger partial charge >= 0.3 is 0 Å². The highest BCUT2D eigenvalue weighted by atomic mass is 19.1. The number of phenols is 2. The maximum absolute atomic E-state index is 13.4. The van der Waals surface area contributed by atoms with Gasteiger partial charge in [-0.1, -0.05) is 24.3 Å². The summed E-state index contributed by atoms with van der Waals surface area (Å²) in [6, 6.07) is 9.84. The van der Waals surface area contributed by atoms with Crippen molar-refractivity contribution in [2.45, 2.75) is 0 Å². The van der Waals surface area contributed by atoms with Crippen molar-refractivity contribution in [1.82, 2.24) is 0 Å². The number of hydrogen-bond donors (Lipinski definition) is 2. The van der Waals surface area contributed by atoms with Gasteiger partial charge < -0.3 is 10.2 Å². The highest BCUT2D eigenvalue weighted by Crippen LogP contribution is 2.25. The van der Waals surface area contributed by atoms with Crippen LogP contribution in [0.4, 0.5) is 4.39 Å². The number of halogens is 1. The number of carbonyl (C=O) groups is 1. The molecule has 0 amide bonds. The molecule has 0 aliphatic carbocycles. The molecule has 0 saturated carbocycles. The maximum Gasteiger partial charge on any atom is 0.188 e. The van der Waals surface area contributed by atoms with Crippen molar-refractivity contribution in [3.8, 4) is 11.5 Å². The Hall–Kier alpha value is -2.62. The Labute approximate surface area is 109 Å². The largest absolute Gasteiger partial charge is 0.504 e. The quantitative estimate of drug-likeness (QED) is 0.505. The summed E-state index contributed by atoms with van der Waals surface area (Å²) in [5, 5.41) is 18.4. The van der Waals surface area contributed by atoms with Crippen LogP contribution in [0.2, 0.25) is 0 Å². The molecule has 0 aliphatic heterocycles. The summed E-state index contributed by atoms with van der Waals surface area (Å²) in [7, 11) is 0. The number of ketones is 1. The Morgan fingerprint density at radius 2 is 1.79 bits per heavy atom. The standard InChI is InChI=1S/C15H11FO3/c16-12-4-2-1-3-11(12)13(17)7-5-10-6-8-14(18)15(19)9-10/h1-9,18-19H/b7-5+. The predicted molar refractivity (Wildman–Crippen MR) is 69.5 cm³/mol. The Kier molecular flexibility index (Phi) is 3.61. The zero-order valence-corrected chi connectivity index (χ0v) is 9.88. The zero-order valence-electron chi connectivity index (χ0n) is 9.88. The van der Waals surface area contributed by atoms with Gasteiger partial charge in [-0.15, -0.1) is 0 Å². The number of benzene rings is 2. The molecule has 0 spiro atoms. The van der Waals surface area contributed by atoms with E-state index < -0.39 is 11.6 Å². The lowest BCUT2D eigenvalue weighted by Crippen LogP contribution is -1.97. The van der Waals surface area contributed by atoms with Gasteiger partial charge in [-0.3, -0.25) is 4.79 Å². The molecule has 2 aromatic carbocycles. The van der Waals surface area contributed by atoms with E-state index in [0.29, 0.717) is 5.56 Å². The second kappa shape index (κ2) is 5.35. The van der Waals surface area contributed by atoms with E-state index in [1.54, 1.807) is 6.07 Å². The van der Waals surface area contributed by atoms with Crippen LogP contribution in [0.1, 0.15) is 15.9 Å². The number of allylic oxidation sites excluding steroid dienone is 1. The fourth-order valence-electron chi connectivity index (χ4n) is 1.57. The lowest BCUT2D eigenvalue weighted by atomic mass is 10.1. The normalized spacial score (nSPS) is 10.8. The molecular formula is C15H11FO3. The average molecular weight is 258 g/mol. The van der Waals surface area contributed by atoms with Crippen LogP contribution in [0.15, 0.2) is 48.5 Å². The van der Waals surface area contributed by atoms with Crippen molar-refractivity contribution in [1.29, 1.82) is 0 Å². The van der Waals surface area contributed by atoms with Crippen molar-refractivity contribution < 1.29 is 19.4 Å². The molecule has 0 bridgehead atoms. The summed E-state index contributed by atoms with van der Waals surface area (Å²) >= 11 is 0. The lowest BCUT2D eigenvalue weighted by molar-refractivity contribution is 0.104. The second-order valence-corrected chi connectivity index (χ2v) is 3.93. The van der Waals surface area contributed by atoms with Crippen molar-refractivity contribution in [3.05, 3.63) is 65.5 Å². The maximum atomic E-state index is 13.4. The van der Waals surface area contributed by atoms with E-state index in [0.717, 1.165) is 0 Å². The van der Waals surface area contributed by atoms with E-state index in [-0.39, 0.29) is 17.1 Å². The van der Waals surface area contributed by atoms with Crippen LogP contribution in [-0.2, 0) is 0 Å². The fourth-order valence-corrected chi connectivity index (χ4v) is 1.57. The van der Waals surface area contributed by atoms with Gasteiger partial charge in [0.1, 0.15) is 5.82 Å². The zero-order chi connectivity index (χ0) is 13.8. The minimum atomic E-state index is -0.578. The van der Waals surface area contributed by atoms with Crippen molar-refractivity contribution in [2.24, 2.45) is 0 Å². The third kappa shape index (κ3) is 2.98. The SMILES string of the molecule is O=C(/C=C/c1ccc(O)c(O)c1)c1ccccc1F. The van der Waals surface area contributed by atoms with E-state index in [1.807, 2.05) is 0 Å². The first-order chi connectivity index (χ1) is 9.08. The Bertz CT molecular complexity index is 648. The van der Waals surface area contributed by atoms with Crippen molar-refractivity contribution >= 4 is 11.9 Å². The first-order valence-electron chi connectivity index (χ1n) is 5.57. The van der Waals surface area contributed by atoms with Gasteiger partial charge in [0.25, 0.3) is 0 Å². The molecule has 0 heterocycles. The van der Waals surface area contributed by atoms with E-state index in [9.17, 15) is 14.3 Å². The Morgan fingerprint density at radius 3 is 2.47 bits per heavy atom. The van der Waals surface area contributed by atoms with Crippen LogP contribution in [0.3, 0.4) is 0 Å². The monoisotopic (exact) mass is 258 g/mol. The summed E-state index contributed by atoms with van der Waals surface area (Å²) in [5.41, 5.74) is 0.515. The molecule has 4 heteroatoms. The van der Waals surface area contributed by atoms with Gasteiger partial charge in [-0.05, 0) is 35.9 Å². The highest BCUT2D eigenvalue weighted by molar-refractivity contribution is 6.07. The van der Waals surface area contributed by atoms with Crippen molar-refractivity contribution in [2.75, 3.05) is 0 Å². The van der Waals surface area contributed by atoms with E-state index in [1.165, 1.54) is 48.6 Å². The molecule has 2 N–H and O–H groups in total. The van der Waals surface area contributed by atoms with Gasteiger partial charge in [0.05, 0.1) is 5.56 Å². The van der Waals surface area contributed by atoms with Gasteiger partial charge in [0.15, 0.2) is 17.3 Å². The van der Waals surface area contributed by atoms with Crippen LogP contribution in [0, 0.1) is 5.82 Å². The van der Waals surface area contributed by atoms with Crippen LogP contribution in [0.25, 0.3) is 6.08 Å². The predicted octanol–water partition coefficient (Wildman–Crippen LogP) is 3.13. The lowest BCUT2D eigenvalue weighted by Gasteiger charge is -1.99. The fraction of sp³-hybridized carbons (Fsp3) is 0. The number of aromatic hydroxyl groups is 2. The van der Waals surface area contributed by atoms with Crippen LogP contribution in [-0.4, -0.2) is 16.0 Å². The summed E-state index contributed by atoms with van der Waals surface area (Å²) in [6.45, 7) is 0. The van der Waals surface area contributed by atoms with E-state index in [2.05, 4.69) is 0 Å². The summed E-state index contributed by atoms with van der Waals surface area (Å²) in [6.07, 6.45) is 2.65. The minimum Gasteiger partial charge on any atom is -0.504 e. The van der Waals surface area contributed by atoms with Crippen LogP contribution >= 0.6 is 0 Å². The molecular weight excluding hydrogens is 247 g/mol. The molecule has 0 aliphatic rings. The Balaban J connectivity index is 2.21. The smallest absolute Gasteiger partial charge is 0.188 e. The first-order valence-corrected chi connectivity index (χ1v) is 5.57. The van der Waals surface area contributed by atoms with Gasteiger partial charge in [0.2, 0.25) is 0 Å². The number of hydrogen-bond acceptors (Lipinski definition) is 3. The van der Waals surface area contributed by atoms with Gasteiger partial charge in [0, 0.05) is 0 Å². The van der Waals surface area contributed by atoms with Gasteiger partial charge in [-0.2, -0.15) is 0 Å². The highest BCUT2D eigenvalue weighted by Gasteiger charge is 2.07. The molecule has 0 unspecified atom stereocenters. The molecule has 0 atom stereocenters. The topological polar surface area (TPSA) is 57.5 Å².